The number of anilines is 1. The van der Waals surface area contributed by atoms with Crippen molar-refractivity contribution in [3.8, 4) is 0 Å². The van der Waals surface area contributed by atoms with E-state index in [0.29, 0.717) is 6.04 Å². The number of aryl methyl sites for hydroxylation is 1. The highest BCUT2D eigenvalue weighted by atomic mass is 32.1. The van der Waals surface area contributed by atoms with E-state index in [2.05, 4.69) is 29.4 Å². The average molecular weight is 199 g/mol. The highest BCUT2D eigenvalue weighted by molar-refractivity contribution is 7.15. The molecule has 1 atom stereocenters. The molecule has 1 N–H and O–H groups in total. The minimum Gasteiger partial charge on any atom is -0.358 e. The summed E-state index contributed by atoms with van der Waals surface area (Å²) in [6.45, 7) is 6.37. The van der Waals surface area contributed by atoms with E-state index in [0.717, 1.165) is 10.1 Å². The Bertz CT molecular complexity index is 247. The molecular weight excluding hydrogens is 182 g/mol. The second-order valence-electron chi connectivity index (χ2n) is 3.31. The molecule has 4 heteroatoms. The van der Waals surface area contributed by atoms with Crippen LogP contribution >= 0.6 is 11.3 Å². The summed E-state index contributed by atoms with van der Waals surface area (Å²) in [5, 5.41) is 13.3. The highest BCUT2D eigenvalue weighted by Gasteiger charge is 2.04. The molecule has 0 bridgehead atoms. The van der Waals surface area contributed by atoms with Crippen molar-refractivity contribution in [3.63, 3.8) is 0 Å². The lowest BCUT2D eigenvalue weighted by atomic mass is 10.1. The number of hydrogen-bond donors (Lipinski definition) is 1. The number of aromatic nitrogens is 2. The Morgan fingerprint density at radius 1 is 1.46 bits per heavy atom. The lowest BCUT2D eigenvalue weighted by Gasteiger charge is -2.10. The van der Waals surface area contributed by atoms with Crippen molar-refractivity contribution in [2.45, 2.75) is 46.1 Å². The van der Waals surface area contributed by atoms with Gasteiger partial charge in [0, 0.05) is 6.04 Å². The van der Waals surface area contributed by atoms with Crippen LogP contribution in [0.5, 0.6) is 0 Å². The molecule has 1 heterocycles. The van der Waals surface area contributed by atoms with Gasteiger partial charge in [0.15, 0.2) is 0 Å². The van der Waals surface area contributed by atoms with E-state index < -0.39 is 0 Å². The van der Waals surface area contributed by atoms with Crippen LogP contribution in [0.1, 0.15) is 38.1 Å². The Morgan fingerprint density at radius 2 is 2.23 bits per heavy atom. The number of nitrogens with one attached hydrogen (secondary N) is 1. The van der Waals surface area contributed by atoms with Crippen LogP contribution in [0.15, 0.2) is 0 Å². The topological polar surface area (TPSA) is 37.8 Å². The van der Waals surface area contributed by atoms with Crippen LogP contribution in [0.25, 0.3) is 0 Å². The highest BCUT2D eigenvalue weighted by Crippen LogP contribution is 2.16. The fourth-order valence-electron chi connectivity index (χ4n) is 1.15. The van der Waals surface area contributed by atoms with Gasteiger partial charge >= 0.3 is 0 Å². The minimum atomic E-state index is 0.507. The first kappa shape index (κ1) is 10.4. The largest absolute Gasteiger partial charge is 0.358 e. The van der Waals surface area contributed by atoms with Gasteiger partial charge in [-0.2, -0.15) is 0 Å². The molecular formula is C9H17N3S. The summed E-state index contributed by atoms with van der Waals surface area (Å²) >= 11 is 1.62. The van der Waals surface area contributed by atoms with Crippen molar-refractivity contribution < 1.29 is 0 Å². The van der Waals surface area contributed by atoms with Gasteiger partial charge in [-0.25, -0.2) is 0 Å². The summed E-state index contributed by atoms with van der Waals surface area (Å²) < 4.78 is 0. The van der Waals surface area contributed by atoms with Crippen molar-refractivity contribution in [1.29, 1.82) is 0 Å². The van der Waals surface area contributed by atoms with Gasteiger partial charge in [-0.1, -0.05) is 31.1 Å². The Kier molecular flexibility index (Phi) is 4.15. The molecule has 1 aromatic rings. The molecule has 0 aliphatic rings. The smallest absolute Gasteiger partial charge is 0.205 e. The summed E-state index contributed by atoms with van der Waals surface area (Å²) in [6.07, 6.45) is 3.72. The van der Waals surface area contributed by atoms with Crippen LogP contribution in [0.3, 0.4) is 0 Å². The van der Waals surface area contributed by atoms with E-state index >= 15 is 0 Å². The Morgan fingerprint density at radius 3 is 2.77 bits per heavy atom. The minimum absolute atomic E-state index is 0.507. The SMILES string of the molecule is CCCCC(C)Nc1nnc(C)s1. The molecule has 0 fully saturated rings. The Hall–Kier alpha value is -0.640. The molecule has 13 heavy (non-hydrogen) atoms. The normalized spacial score (nSPS) is 12.8. The molecule has 0 aliphatic carbocycles. The van der Waals surface area contributed by atoms with Crippen molar-refractivity contribution in [3.05, 3.63) is 5.01 Å². The van der Waals surface area contributed by atoms with Crippen LogP contribution in [-0.4, -0.2) is 16.2 Å². The summed E-state index contributed by atoms with van der Waals surface area (Å²) in [6, 6.07) is 0.507. The first-order valence-corrected chi connectivity index (χ1v) is 5.60. The Balaban J connectivity index is 2.31. The van der Waals surface area contributed by atoms with Crippen LogP contribution < -0.4 is 5.32 Å². The zero-order valence-electron chi connectivity index (χ0n) is 8.50. The quantitative estimate of drug-likeness (QED) is 0.792. The van der Waals surface area contributed by atoms with Gasteiger partial charge in [0.25, 0.3) is 0 Å². The zero-order chi connectivity index (χ0) is 9.68. The van der Waals surface area contributed by atoms with E-state index in [9.17, 15) is 0 Å². The maximum atomic E-state index is 4.02. The lowest BCUT2D eigenvalue weighted by Crippen LogP contribution is -2.14. The van der Waals surface area contributed by atoms with Crippen molar-refractivity contribution >= 4 is 16.5 Å². The second kappa shape index (κ2) is 5.17. The first-order valence-electron chi connectivity index (χ1n) is 4.79. The predicted octanol–water partition coefficient (Wildman–Crippen LogP) is 2.84. The van der Waals surface area contributed by atoms with E-state index in [-0.39, 0.29) is 0 Å². The fourth-order valence-corrected chi connectivity index (χ4v) is 1.85. The van der Waals surface area contributed by atoms with Gasteiger partial charge in [0.05, 0.1) is 0 Å². The third kappa shape index (κ3) is 3.72. The fraction of sp³-hybridized carbons (Fsp3) is 0.778. The van der Waals surface area contributed by atoms with Crippen molar-refractivity contribution in [2.24, 2.45) is 0 Å². The molecule has 0 radical (unpaired) electrons. The van der Waals surface area contributed by atoms with Gasteiger partial charge in [-0.05, 0) is 20.3 Å². The van der Waals surface area contributed by atoms with E-state index in [1.165, 1.54) is 19.3 Å². The van der Waals surface area contributed by atoms with E-state index in [1.54, 1.807) is 11.3 Å². The predicted molar refractivity (Wildman–Crippen MR) is 57.3 cm³/mol. The van der Waals surface area contributed by atoms with Crippen LogP contribution in [-0.2, 0) is 0 Å². The maximum absolute atomic E-state index is 4.02. The molecule has 0 aromatic carbocycles. The molecule has 1 unspecified atom stereocenters. The third-order valence-corrected chi connectivity index (χ3v) is 2.66. The van der Waals surface area contributed by atoms with E-state index in [4.69, 9.17) is 0 Å². The molecule has 0 aliphatic heterocycles. The summed E-state index contributed by atoms with van der Waals surface area (Å²) in [5.74, 6) is 0. The molecule has 1 rings (SSSR count). The van der Waals surface area contributed by atoms with Crippen LogP contribution in [0.2, 0.25) is 0 Å². The summed E-state index contributed by atoms with van der Waals surface area (Å²) in [7, 11) is 0. The number of rotatable bonds is 5. The number of hydrogen-bond acceptors (Lipinski definition) is 4. The van der Waals surface area contributed by atoms with Crippen LogP contribution in [0.4, 0.5) is 5.13 Å². The monoisotopic (exact) mass is 199 g/mol. The van der Waals surface area contributed by atoms with Gasteiger partial charge in [0.2, 0.25) is 5.13 Å². The van der Waals surface area contributed by atoms with Crippen molar-refractivity contribution in [2.75, 3.05) is 5.32 Å². The standard InChI is InChI=1S/C9H17N3S/c1-4-5-6-7(2)10-9-12-11-8(3)13-9/h7H,4-6H2,1-3H3,(H,10,12). The second-order valence-corrected chi connectivity index (χ2v) is 4.50. The first-order chi connectivity index (χ1) is 6.22. The Labute approximate surface area is 83.6 Å². The molecule has 0 saturated carbocycles. The third-order valence-electron chi connectivity index (χ3n) is 1.89. The molecule has 0 amide bonds. The molecule has 74 valence electrons. The molecule has 1 aromatic heterocycles. The van der Waals surface area contributed by atoms with Crippen LogP contribution in [0, 0.1) is 6.92 Å². The summed E-state index contributed by atoms with van der Waals surface area (Å²) in [5.41, 5.74) is 0. The molecule has 3 nitrogen and oxygen atoms in total. The van der Waals surface area contributed by atoms with Crippen molar-refractivity contribution in [1.82, 2.24) is 10.2 Å². The molecule has 0 spiro atoms. The average Bonchev–Trinajstić information content (AvgIpc) is 2.48. The van der Waals surface area contributed by atoms with Gasteiger partial charge in [-0.3, -0.25) is 0 Å². The van der Waals surface area contributed by atoms with Gasteiger partial charge < -0.3 is 5.32 Å². The van der Waals surface area contributed by atoms with Gasteiger partial charge in [-0.15, -0.1) is 10.2 Å². The lowest BCUT2D eigenvalue weighted by molar-refractivity contribution is 0.644. The molecule has 0 saturated heterocycles. The number of nitrogens with zero attached hydrogens (tertiary/aromatic N) is 2. The summed E-state index contributed by atoms with van der Waals surface area (Å²) in [4.78, 5) is 0. The number of unbranched alkanes of at least 4 members (excludes halogenated alkanes) is 1. The maximum Gasteiger partial charge on any atom is 0.205 e. The van der Waals surface area contributed by atoms with E-state index in [1.807, 2.05) is 6.92 Å². The zero-order valence-corrected chi connectivity index (χ0v) is 9.32. The van der Waals surface area contributed by atoms with Gasteiger partial charge in [0.1, 0.15) is 5.01 Å².